The van der Waals surface area contributed by atoms with Gasteiger partial charge in [-0.2, -0.15) is 15.4 Å². The van der Waals surface area contributed by atoms with E-state index >= 15 is 0 Å². The highest BCUT2D eigenvalue weighted by Crippen LogP contribution is 1.94. The number of aromatic carboxylic acids is 1. The largest absolute Gasteiger partial charge is 0.543 e. The number of nitrogens with one attached hydrogen (secondary N) is 1. The van der Waals surface area contributed by atoms with Crippen LogP contribution in [-0.2, 0) is 0 Å². The number of nitrogens with zero attached hydrogens (tertiary/aromatic N) is 2. The number of aromatic amines is 1. The Hall–Kier alpha value is -1.39. The van der Waals surface area contributed by atoms with E-state index in [-0.39, 0.29) is 5.69 Å². The van der Waals surface area contributed by atoms with Crippen molar-refractivity contribution in [2.24, 2.45) is 0 Å². The fourth-order valence-electron chi connectivity index (χ4n) is 0.477. The van der Waals surface area contributed by atoms with Crippen molar-refractivity contribution in [1.29, 1.82) is 0 Å². The number of rotatable bonds is 1. The molecule has 48 valence electrons. The van der Waals surface area contributed by atoms with Crippen molar-refractivity contribution in [2.75, 3.05) is 0 Å². The number of aryl methyl sites for hydroxylation is 1. The minimum absolute atomic E-state index is 0.130. The Bertz CT molecular complexity index is 229. The molecule has 1 aromatic heterocycles. The molecule has 0 spiro atoms. The lowest BCUT2D eigenvalue weighted by Gasteiger charge is -1.92. The summed E-state index contributed by atoms with van der Waals surface area (Å²) in [6.45, 7) is 1.54. The maximum absolute atomic E-state index is 10.0. The zero-order valence-corrected chi connectivity index (χ0v) is 4.71. The molecular weight excluding hydrogens is 122 g/mol. The van der Waals surface area contributed by atoms with Gasteiger partial charge in [0.15, 0.2) is 0 Å². The van der Waals surface area contributed by atoms with Crippen LogP contribution in [0.25, 0.3) is 0 Å². The van der Waals surface area contributed by atoms with Crippen molar-refractivity contribution in [2.45, 2.75) is 6.92 Å². The predicted molar refractivity (Wildman–Crippen MR) is 25.5 cm³/mol. The summed E-state index contributed by atoms with van der Waals surface area (Å²) in [5.41, 5.74) is 0.213. The summed E-state index contributed by atoms with van der Waals surface area (Å²) in [5.74, 6) is -1.30. The molecule has 0 bridgehead atoms. The molecule has 5 nitrogen and oxygen atoms in total. The van der Waals surface area contributed by atoms with Gasteiger partial charge in [0.05, 0.1) is 11.7 Å². The van der Waals surface area contributed by atoms with Gasteiger partial charge >= 0.3 is 0 Å². The molecule has 0 aliphatic heterocycles. The molecule has 1 heterocycles. The highest BCUT2D eigenvalue weighted by molar-refractivity contribution is 5.84. The van der Waals surface area contributed by atoms with E-state index in [0.29, 0.717) is 5.69 Å². The molecule has 0 aliphatic carbocycles. The lowest BCUT2D eigenvalue weighted by atomic mass is 10.4. The lowest BCUT2D eigenvalue weighted by Crippen LogP contribution is -2.23. The molecule has 1 aromatic rings. The van der Waals surface area contributed by atoms with Crippen molar-refractivity contribution in [1.82, 2.24) is 15.4 Å². The van der Waals surface area contributed by atoms with E-state index in [4.69, 9.17) is 0 Å². The molecule has 0 saturated heterocycles. The highest BCUT2D eigenvalue weighted by atomic mass is 16.4. The summed E-state index contributed by atoms with van der Waals surface area (Å²) in [7, 11) is 0. The van der Waals surface area contributed by atoms with Gasteiger partial charge in [-0.1, -0.05) is 0 Å². The quantitative estimate of drug-likeness (QED) is 0.495. The Labute approximate surface area is 50.7 Å². The second kappa shape index (κ2) is 1.85. The Morgan fingerprint density at radius 2 is 2.33 bits per heavy atom. The van der Waals surface area contributed by atoms with Gasteiger partial charge in [-0.05, 0) is 6.92 Å². The third kappa shape index (κ3) is 0.883. The number of carboxylic acid groups (broad SMARTS) is 1. The van der Waals surface area contributed by atoms with Crippen LogP contribution in [-0.4, -0.2) is 21.4 Å². The Morgan fingerprint density at radius 1 is 1.67 bits per heavy atom. The molecule has 0 fully saturated rings. The maximum Gasteiger partial charge on any atom is 0.131 e. The summed E-state index contributed by atoms with van der Waals surface area (Å²) in [4.78, 5) is 10.0. The van der Waals surface area contributed by atoms with Gasteiger partial charge in [0.2, 0.25) is 0 Å². The van der Waals surface area contributed by atoms with Gasteiger partial charge in [-0.15, -0.1) is 0 Å². The smallest absolute Gasteiger partial charge is 0.131 e. The van der Waals surface area contributed by atoms with Crippen molar-refractivity contribution < 1.29 is 9.90 Å². The Balaban J connectivity index is 3.08. The van der Waals surface area contributed by atoms with Gasteiger partial charge in [0.1, 0.15) is 5.69 Å². The van der Waals surface area contributed by atoms with E-state index < -0.39 is 5.97 Å². The number of carboxylic acids is 1. The molecule has 0 aromatic carbocycles. The number of carbonyl (C=O) groups excluding carboxylic acids is 1. The van der Waals surface area contributed by atoms with E-state index in [1.165, 1.54) is 6.92 Å². The van der Waals surface area contributed by atoms with E-state index in [1.807, 2.05) is 0 Å². The highest BCUT2D eigenvalue weighted by Gasteiger charge is 2.00. The predicted octanol–water partition coefficient (Wildman–Crippen LogP) is -1.52. The van der Waals surface area contributed by atoms with Gasteiger partial charge < -0.3 is 9.90 Å². The van der Waals surface area contributed by atoms with Crippen LogP contribution in [0.15, 0.2) is 0 Å². The first-order valence-electron chi connectivity index (χ1n) is 2.30. The topological polar surface area (TPSA) is 81.7 Å². The fraction of sp³-hybridized carbons (Fsp3) is 0.250. The van der Waals surface area contributed by atoms with Crippen LogP contribution in [0.4, 0.5) is 0 Å². The summed E-state index contributed by atoms with van der Waals surface area (Å²) in [6, 6.07) is 0. The number of hydrogen-bond acceptors (Lipinski definition) is 4. The summed E-state index contributed by atoms with van der Waals surface area (Å²) in [5, 5.41) is 19.0. The Morgan fingerprint density at radius 3 is 2.56 bits per heavy atom. The first kappa shape index (κ1) is 5.74. The van der Waals surface area contributed by atoms with Crippen LogP contribution >= 0.6 is 0 Å². The van der Waals surface area contributed by atoms with Gasteiger partial charge in [0.25, 0.3) is 0 Å². The molecule has 0 atom stereocenters. The van der Waals surface area contributed by atoms with Gasteiger partial charge in [-0.3, -0.25) is 0 Å². The number of aromatic nitrogens is 3. The minimum Gasteiger partial charge on any atom is -0.543 e. The second-order valence-corrected chi connectivity index (χ2v) is 1.55. The summed E-state index contributed by atoms with van der Waals surface area (Å²) < 4.78 is 0. The normalized spacial score (nSPS) is 9.44. The van der Waals surface area contributed by atoms with Crippen molar-refractivity contribution >= 4 is 5.97 Å². The van der Waals surface area contributed by atoms with Gasteiger partial charge in [-0.25, -0.2) is 0 Å². The standard InChI is InChI=1S/C4H5N3O2/c1-2-3(4(8)9)6-7-5-2/h1H3,(H,8,9)(H,5,6,7)/p-1. The monoisotopic (exact) mass is 126 g/mol. The zero-order chi connectivity index (χ0) is 6.85. The van der Waals surface area contributed by atoms with Crippen LogP contribution in [0, 0.1) is 6.92 Å². The average molecular weight is 126 g/mol. The Kier molecular flexibility index (Phi) is 1.18. The van der Waals surface area contributed by atoms with E-state index in [2.05, 4.69) is 15.4 Å². The SMILES string of the molecule is Cc1n[nH]nc1C(=O)[O-]. The van der Waals surface area contributed by atoms with Crippen LogP contribution < -0.4 is 5.11 Å². The molecule has 0 unspecified atom stereocenters. The molecule has 1 rings (SSSR count). The fourth-order valence-corrected chi connectivity index (χ4v) is 0.477. The number of carbonyl (C=O) groups is 1. The molecule has 9 heavy (non-hydrogen) atoms. The van der Waals surface area contributed by atoms with E-state index in [0.717, 1.165) is 0 Å². The van der Waals surface area contributed by atoms with Crippen molar-refractivity contribution in [3.63, 3.8) is 0 Å². The van der Waals surface area contributed by atoms with Crippen molar-refractivity contribution in [3.8, 4) is 0 Å². The van der Waals surface area contributed by atoms with Gasteiger partial charge in [0, 0.05) is 0 Å². The average Bonchev–Trinajstić information content (AvgIpc) is 2.13. The zero-order valence-electron chi connectivity index (χ0n) is 4.71. The van der Waals surface area contributed by atoms with Crippen LogP contribution in [0.3, 0.4) is 0 Å². The van der Waals surface area contributed by atoms with Crippen LogP contribution in [0.1, 0.15) is 16.2 Å². The van der Waals surface area contributed by atoms with E-state index in [9.17, 15) is 9.90 Å². The van der Waals surface area contributed by atoms with Crippen LogP contribution in [0.5, 0.6) is 0 Å². The minimum atomic E-state index is -1.30. The summed E-state index contributed by atoms with van der Waals surface area (Å²) in [6.07, 6.45) is 0. The first-order chi connectivity index (χ1) is 4.22. The molecule has 0 amide bonds. The third-order valence-corrected chi connectivity index (χ3v) is 0.916. The molecule has 0 aliphatic rings. The van der Waals surface area contributed by atoms with Crippen molar-refractivity contribution in [3.05, 3.63) is 11.4 Å². The summed E-state index contributed by atoms with van der Waals surface area (Å²) >= 11 is 0. The number of H-pyrrole nitrogens is 1. The van der Waals surface area contributed by atoms with E-state index in [1.54, 1.807) is 0 Å². The molecule has 1 N–H and O–H groups in total. The maximum atomic E-state index is 10.0. The molecule has 5 heteroatoms. The first-order valence-corrected chi connectivity index (χ1v) is 2.30. The van der Waals surface area contributed by atoms with Crippen LogP contribution in [0.2, 0.25) is 0 Å². The second-order valence-electron chi connectivity index (χ2n) is 1.55. The third-order valence-electron chi connectivity index (χ3n) is 0.916. The lowest BCUT2D eigenvalue weighted by molar-refractivity contribution is -0.255. The molecule has 0 saturated carbocycles. The molecular formula is C4H4N3O2-. The molecule has 0 radical (unpaired) electrons. The number of hydrogen-bond donors (Lipinski definition) is 1.